The molecule has 1 aliphatic rings. The molecule has 0 aromatic heterocycles. The van der Waals surface area contributed by atoms with Crippen molar-refractivity contribution < 1.29 is 17.9 Å². The van der Waals surface area contributed by atoms with E-state index in [0.717, 1.165) is 32.3 Å². The molecule has 1 aromatic carbocycles. The van der Waals surface area contributed by atoms with E-state index < -0.39 is 23.5 Å². The number of benzene rings is 1. The standard InChI is InChI=1S/C14H18F3NO/c15-9-7-11(16)14(12(17)8-9)13(18)5-1-3-10-4-2-6-19-10/h7-8,10,13H,1-6,18H2. The molecule has 5 heteroatoms. The lowest BCUT2D eigenvalue weighted by Crippen LogP contribution is -2.15. The lowest BCUT2D eigenvalue weighted by atomic mass is 9.99. The highest BCUT2D eigenvalue weighted by molar-refractivity contribution is 5.23. The van der Waals surface area contributed by atoms with Gasteiger partial charge in [-0.25, -0.2) is 13.2 Å². The minimum absolute atomic E-state index is 0.228. The van der Waals surface area contributed by atoms with Crippen molar-refractivity contribution in [3.63, 3.8) is 0 Å². The van der Waals surface area contributed by atoms with E-state index in [0.29, 0.717) is 18.6 Å². The van der Waals surface area contributed by atoms with E-state index in [9.17, 15) is 13.2 Å². The third kappa shape index (κ3) is 3.70. The van der Waals surface area contributed by atoms with Gasteiger partial charge in [0.2, 0.25) is 0 Å². The van der Waals surface area contributed by atoms with E-state index in [1.165, 1.54) is 0 Å². The van der Waals surface area contributed by atoms with Gasteiger partial charge in [0.05, 0.1) is 6.10 Å². The zero-order valence-corrected chi connectivity index (χ0v) is 10.7. The molecule has 106 valence electrons. The quantitative estimate of drug-likeness (QED) is 0.891. The zero-order valence-electron chi connectivity index (χ0n) is 10.7. The van der Waals surface area contributed by atoms with Crippen LogP contribution in [0.1, 0.15) is 43.7 Å². The van der Waals surface area contributed by atoms with E-state index in [1.807, 2.05) is 0 Å². The van der Waals surface area contributed by atoms with Crippen molar-refractivity contribution in [2.75, 3.05) is 6.61 Å². The largest absolute Gasteiger partial charge is 0.378 e. The van der Waals surface area contributed by atoms with Crippen LogP contribution in [-0.4, -0.2) is 12.7 Å². The summed E-state index contributed by atoms with van der Waals surface area (Å²) in [6, 6.07) is 0.582. The lowest BCUT2D eigenvalue weighted by Gasteiger charge is -2.15. The molecule has 0 saturated carbocycles. The molecule has 0 amide bonds. The van der Waals surface area contributed by atoms with Crippen LogP contribution in [0.2, 0.25) is 0 Å². The van der Waals surface area contributed by atoms with Gasteiger partial charge in [0.1, 0.15) is 17.5 Å². The molecule has 0 bridgehead atoms. The van der Waals surface area contributed by atoms with Gasteiger partial charge < -0.3 is 10.5 Å². The van der Waals surface area contributed by atoms with Crippen LogP contribution in [0.25, 0.3) is 0 Å². The Balaban J connectivity index is 1.90. The molecule has 1 heterocycles. The van der Waals surface area contributed by atoms with E-state index in [2.05, 4.69) is 0 Å². The SMILES string of the molecule is NC(CCCC1CCCO1)c1c(F)cc(F)cc1F. The van der Waals surface area contributed by atoms with Crippen molar-refractivity contribution in [3.05, 3.63) is 35.1 Å². The smallest absolute Gasteiger partial charge is 0.133 e. The molecule has 1 fully saturated rings. The first-order valence-electron chi connectivity index (χ1n) is 6.59. The maximum absolute atomic E-state index is 13.5. The van der Waals surface area contributed by atoms with E-state index >= 15 is 0 Å². The van der Waals surface area contributed by atoms with Gasteiger partial charge >= 0.3 is 0 Å². The van der Waals surface area contributed by atoms with Crippen molar-refractivity contribution in [1.82, 2.24) is 0 Å². The van der Waals surface area contributed by atoms with Gasteiger partial charge in [0.25, 0.3) is 0 Å². The minimum atomic E-state index is -0.926. The van der Waals surface area contributed by atoms with Crippen molar-refractivity contribution in [1.29, 1.82) is 0 Å². The number of halogens is 3. The monoisotopic (exact) mass is 273 g/mol. The molecule has 0 aliphatic carbocycles. The second kappa shape index (κ2) is 6.39. The number of ether oxygens (including phenoxy) is 1. The normalized spacial score (nSPS) is 20.7. The van der Waals surface area contributed by atoms with Crippen molar-refractivity contribution in [2.45, 2.75) is 44.2 Å². The van der Waals surface area contributed by atoms with Gasteiger partial charge in [-0.1, -0.05) is 0 Å². The fourth-order valence-electron chi connectivity index (χ4n) is 2.49. The summed E-state index contributed by atoms with van der Waals surface area (Å²) in [6.07, 6.45) is 4.39. The van der Waals surface area contributed by atoms with E-state index in [-0.39, 0.29) is 11.7 Å². The summed E-state index contributed by atoms with van der Waals surface area (Å²) in [6.45, 7) is 0.790. The summed E-state index contributed by atoms with van der Waals surface area (Å²) in [5.41, 5.74) is 5.56. The van der Waals surface area contributed by atoms with Gasteiger partial charge in [-0.2, -0.15) is 0 Å². The molecule has 2 nitrogen and oxygen atoms in total. The Hall–Kier alpha value is -1.07. The molecule has 1 saturated heterocycles. The minimum Gasteiger partial charge on any atom is -0.378 e. The van der Waals surface area contributed by atoms with Gasteiger partial charge in [-0.15, -0.1) is 0 Å². The Bertz CT molecular complexity index is 410. The maximum atomic E-state index is 13.5. The summed E-state index contributed by atoms with van der Waals surface area (Å²) >= 11 is 0. The Morgan fingerprint density at radius 2 is 1.95 bits per heavy atom. The highest BCUT2D eigenvalue weighted by Gasteiger charge is 2.20. The highest BCUT2D eigenvalue weighted by Crippen LogP contribution is 2.25. The van der Waals surface area contributed by atoms with Gasteiger partial charge in [0, 0.05) is 30.3 Å². The van der Waals surface area contributed by atoms with Crippen molar-refractivity contribution >= 4 is 0 Å². The lowest BCUT2D eigenvalue weighted by molar-refractivity contribution is 0.101. The predicted molar refractivity (Wildman–Crippen MR) is 66.1 cm³/mol. The predicted octanol–water partition coefficient (Wildman–Crippen LogP) is 3.45. The van der Waals surface area contributed by atoms with Crippen LogP contribution in [0.15, 0.2) is 12.1 Å². The number of hydrogen-bond acceptors (Lipinski definition) is 2. The third-order valence-electron chi connectivity index (χ3n) is 3.48. The first kappa shape index (κ1) is 14.3. The maximum Gasteiger partial charge on any atom is 0.133 e. The van der Waals surface area contributed by atoms with Crippen molar-refractivity contribution in [2.24, 2.45) is 5.73 Å². The third-order valence-corrected chi connectivity index (χ3v) is 3.48. The van der Waals surface area contributed by atoms with Crippen molar-refractivity contribution in [3.8, 4) is 0 Å². The molecule has 1 aromatic rings. The van der Waals surface area contributed by atoms with Crippen LogP contribution >= 0.6 is 0 Å². The molecule has 0 radical (unpaired) electrons. The first-order valence-corrected chi connectivity index (χ1v) is 6.59. The topological polar surface area (TPSA) is 35.2 Å². The highest BCUT2D eigenvalue weighted by atomic mass is 19.1. The molecule has 19 heavy (non-hydrogen) atoms. The molecule has 2 rings (SSSR count). The molecule has 2 N–H and O–H groups in total. The van der Waals surface area contributed by atoms with E-state index in [4.69, 9.17) is 10.5 Å². The van der Waals surface area contributed by atoms with Gasteiger partial charge in [0.15, 0.2) is 0 Å². The molecule has 1 aliphatic heterocycles. The average molecular weight is 273 g/mol. The second-order valence-corrected chi connectivity index (χ2v) is 4.96. The van der Waals surface area contributed by atoms with Crippen LogP contribution in [0.5, 0.6) is 0 Å². The molecule has 2 unspecified atom stereocenters. The second-order valence-electron chi connectivity index (χ2n) is 4.96. The Labute approximate surface area is 110 Å². The number of rotatable bonds is 5. The Morgan fingerprint density at radius 1 is 1.26 bits per heavy atom. The zero-order chi connectivity index (χ0) is 13.8. The summed E-state index contributed by atoms with van der Waals surface area (Å²) in [5.74, 6) is -2.76. The summed E-state index contributed by atoms with van der Waals surface area (Å²) in [7, 11) is 0. The van der Waals surface area contributed by atoms with Gasteiger partial charge in [-0.3, -0.25) is 0 Å². The van der Waals surface area contributed by atoms with Crippen LogP contribution in [0, 0.1) is 17.5 Å². The summed E-state index contributed by atoms with van der Waals surface area (Å²) < 4.78 is 45.3. The molecule has 0 spiro atoms. The Kier molecular flexibility index (Phi) is 4.82. The molecular formula is C14H18F3NO. The molecule has 2 atom stereocenters. The fraction of sp³-hybridized carbons (Fsp3) is 0.571. The Morgan fingerprint density at radius 3 is 2.53 bits per heavy atom. The number of nitrogens with two attached hydrogens (primary N) is 1. The van der Waals surface area contributed by atoms with Crippen LogP contribution < -0.4 is 5.73 Å². The fourth-order valence-corrected chi connectivity index (χ4v) is 2.49. The summed E-state index contributed by atoms with van der Waals surface area (Å²) in [4.78, 5) is 0. The van der Waals surface area contributed by atoms with E-state index in [1.54, 1.807) is 0 Å². The molecular weight excluding hydrogens is 255 g/mol. The summed E-state index contributed by atoms with van der Waals surface area (Å²) in [5, 5.41) is 0. The average Bonchev–Trinajstić information content (AvgIpc) is 2.80. The van der Waals surface area contributed by atoms with Crippen LogP contribution in [0.4, 0.5) is 13.2 Å². The van der Waals surface area contributed by atoms with Crippen LogP contribution in [-0.2, 0) is 4.74 Å². The first-order chi connectivity index (χ1) is 9.08. The van der Waals surface area contributed by atoms with Crippen LogP contribution in [0.3, 0.4) is 0 Å². The number of hydrogen-bond donors (Lipinski definition) is 1. The van der Waals surface area contributed by atoms with Gasteiger partial charge in [-0.05, 0) is 32.1 Å².